The molecule has 94 valence electrons. The molecule has 2 unspecified atom stereocenters. The maximum absolute atomic E-state index is 4.40. The minimum absolute atomic E-state index is 0.683. The van der Waals surface area contributed by atoms with E-state index in [2.05, 4.69) is 42.0 Å². The molecule has 0 aromatic carbocycles. The van der Waals surface area contributed by atoms with Gasteiger partial charge in [0.2, 0.25) is 0 Å². The molecule has 1 aromatic heterocycles. The number of hydrogen-bond donors (Lipinski definition) is 1. The zero-order valence-electron chi connectivity index (χ0n) is 11.1. The van der Waals surface area contributed by atoms with Crippen LogP contribution in [0.3, 0.4) is 0 Å². The molecule has 1 fully saturated rings. The summed E-state index contributed by atoms with van der Waals surface area (Å²) in [7, 11) is 0. The summed E-state index contributed by atoms with van der Waals surface area (Å²) in [6.45, 7) is 11.2. The molecule has 0 aliphatic carbocycles. The number of aromatic nitrogens is 1. The van der Waals surface area contributed by atoms with E-state index in [1.807, 2.05) is 12.3 Å². The average molecular weight is 233 g/mol. The van der Waals surface area contributed by atoms with Crippen LogP contribution in [0.25, 0.3) is 0 Å². The van der Waals surface area contributed by atoms with E-state index in [9.17, 15) is 0 Å². The van der Waals surface area contributed by atoms with Crippen molar-refractivity contribution in [3.8, 4) is 0 Å². The van der Waals surface area contributed by atoms with Crippen molar-refractivity contribution in [3.05, 3.63) is 24.0 Å². The zero-order valence-corrected chi connectivity index (χ0v) is 11.1. The van der Waals surface area contributed by atoms with Crippen LogP contribution in [0.5, 0.6) is 0 Å². The molecule has 2 rings (SSSR count). The third kappa shape index (κ3) is 3.19. The van der Waals surface area contributed by atoms with Gasteiger partial charge in [-0.1, -0.05) is 13.8 Å². The zero-order chi connectivity index (χ0) is 12.3. The predicted octanol–water partition coefficient (Wildman–Crippen LogP) is 2.07. The number of nitrogens with zero attached hydrogens (tertiary/aromatic N) is 2. The number of hydrogen-bond acceptors (Lipinski definition) is 3. The maximum Gasteiger partial charge on any atom is 0.0605 e. The van der Waals surface area contributed by atoms with Gasteiger partial charge in [-0.15, -0.1) is 0 Å². The monoisotopic (exact) mass is 233 g/mol. The molecule has 2 heterocycles. The van der Waals surface area contributed by atoms with Crippen molar-refractivity contribution in [1.29, 1.82) is 0 Å². The van der Waals surface area contributed by atoms with Gasteiger partial charge in [0.15, 0.2) is 0 Å². The lowest BCUT2D eigenvalue weighted by molar-refractivity contribution is 0.410. The Kier molecular flexibility index (Phi) is 4.00. The molecule has 3 nitrogen and oxygen atoms in total. The van der Waals surface area contributed by atoms with Crippen molar-refractivity contribution in [2.45, 2.75) is 20.8 Å². The van der Waals surface area contributed by atoms with Gasteiger partial charge >= 0.3 is 0 Å². The number of pyridine rings is 1. The summed E-state index contributed by atoms with van der Waals surface area (Å²) < 4.78 is 0. The van der Waals surface area contributed by atoms with Crippen LogP contribution in [-0.2, 0) is 0 Å². The van der Waals surface area contributed by atoms with Crippen LogP contribution >= 0.6 is 0 Å². The summed E-state index contributed by atoms with van der Waals surface area (Å²) in [6.07, 6.45) is 1.87. The van der Waals surface area contributed by atoms with Crippen LogP contribution in [0.2, 0.25) is 0 Å². The normalized spacial score (nSPS) is 26.4. The summed E-state index contributed by atoms with van der Waals surface area (Å²) in [6, 6.07) is 4.23. The van der Waals surface area contributed by atoms with Gasteiger partial charge in [0.25, 0.3) is 0 Å². The Bertz CT molecular complexity index is 352. The highest BCUT2D eigenvalue weighted by atomic mass is 15.2. The third-order valence-electron chi connectivity index (χ3n) is 3.37. The summed E-state index contributed by atoms with van der Waals surface area (Å²) >= 11 is 0. The summed E-state index contributed by atoms with van der Waals surface area (Å²) in [5.74, 6) is 1.37. The van der Waals surface area contributed by atoms with Gasteiger partial charge in [-0.05, 0) is 44.0 Å². The topological polar surface area (TPSA) is 28.2 Å². The fourth-order valence-electron chi connectivity index (χ4n) is 2.54. The highest BCUT2D eigenvalue weighted by Crippen LogP contribution is 2.21. The lowest BCUT2D eigenvalue weighted by atomic mass is 10.0. The van der Waals surface area contributed by atoms with E-state index in [0.29, 0.717) is 11.8 Å². The second-order valence-corrected chi connectivity index (χ2v) is 5.38. The number of nitrogens with one attached hydrogen (secondary N) is 1. The Labute approximate surface area is 104 Å². The van der Waals surface area contributed by atoms with Crippen molar-refractivity contribution in [2.75, 3.05) is 31.1 Å². The first-order valence-corrected chi connectivity index (χ1v) is 6.54. The van der Waals surface area contributed by atoms with Gasteiger partial charge in [0, 0.05) is 19.3 Å². The van der Waals surface area contributed by atoms with Gasteiger partial charge in [-0.2, -0.15) is 0 Å². The lowest BCUT2D eigenvalue weighted by Crippen LogP contribution is -2.43. The van der Waals surface area contributed by atoms with Crippen molar-refractivity contribution in [3.63, 3.8) is 0 Å². The van der Waals surface area contributed by atoms with Crippen molar-refractivity contribution in [1.82, 2.24) is 10.3 Å². The molecule has 0 spiro atoms. The predicted molar refractivity (Wildman–Crippen MR) is 72.4 cm³/mol. The van der Waals surface area contributed by atoms with Crippen LogP contribution in [0.4, 0.5) is 5.69 Å². The van der Waals surface area contributed by atoms with E-state index < -0.39 is 0 Å². The SMILES string of the molecule is Cc1ncccc1N1CC(C)CNCC(C)C1. The van der Waals surface area contributed by atoms with Crippen molar-refractivity contribution < 1.29 is 0 Å². The first-order valence-electron chi connectivity index (χ1n) is 6.54. The number of rotatable bonds is 1. The fraction of sp³-hybridized carbons (Fsp3) is 0.643. The molecule has 2 atom stereocenters. The van der Waals surface area contributed by atoms with Gasteiger partial charge in [0.1, 0.15) is 0 Å². The first kappa shape index (κ1) is 12.4. The Hall–Kier alpha value is -1.09. The molecule has 17 heavy (non-hydrogen) atoms. The average Bonchev–Trinajstić information content (AvgIpc) is 2.26. The molecule has 0 saturated carbocycles. The van der Waals surface area contributed by atoms with Crippen LogP contribution in [0, 0.1) is 18.8 Å². The molecular weight excluding hydrogens is 210 g/mol. The molecule has 3 heteroatoms. The quantitative estimate of drug-likeness (QED) is 0.805. The number of anilines is 1. The Morgan fingerprint density at radius 1 is 1.24 bits per heavy atom. The van der Waals surface area contributed by atoms with Crippen LogP contribution in [0.15, 0.2) is 18.3 Å². The van der Waals surface area contributed by atoms with Gasteiger partial charge < -0.3 is 10.2 Å². The van der Waals surface area contributed by atoms with Crippen LogP contribution in [-0.4, -0.2) is 31.2 Å². The van der Waals surface area contributed by atoms with E-state index >= 15 is 0 Å². The van der Waals surface area contributed by atoms with E-state index in [-0.39, 0.29) is 0 Å². The largest absolute Gasteiger partial charge is 0.369 e. The molecule has 0 radical (unpaired) electrons. The second kappa shape index (κ2) is 5.50. The smallest absolute Gasteiger partial charge is 0.0605 e. The van der Waals surface area contributed by atoms with Crippen molar-refractivity contribution >= 4 is 5.69 Å². The summed E-state index contributed by atoms with van der Waals surface area (Å²) in [4.78, 5) is 6.90. The van der Waals surface area contributed by atoms with Gasteiger partial charge in [-0.25, -0.2) is 0 Å². The standard InChI is InChI=1S/C14H23N3/c1-11-7-15-8-12(2)10-17(9-11)14-5-4-6-16-13(14)3/h4-6,11-12,15H,7-10H2,1-3H3. The molecular formula is C14H23N3. The molecule has 1 aliphatic heterocycles. The molecule has 1 aromatic rings. The van der Waals surface area contributed by atoms with E-state index in [4.69, 9.17) is 0 Å². The Morgan fingerprint density at radius 3 is 2.47 bits per heavy atom. The van der Waals surface area contributed by atoms with E-state index in [0.717, 1.165) is 31.9 Å². The highest BCUT2D eigenvalue weighted by molar-refractivity contribution is 5.50. The molecule has 1 aliphatic rings. The van der Waals surface area contributed by atoms with E-state index in [1.54, 1.807) is 0 Å². The molecule has 1 saturated heterocycles. The van der Waals surface area contributed by atoms with Crippen molar-refractivity contribution in [2.24, 2.45) is 11.8 Å². The summed E-state index contributed by atoms with van der Waals surface area (Å²) in [5, 5.41) is 3.53. The molecule has 0 amide bonds. The molecule has 0 bridgehead atoms. The van der Waals surface area contributed by atoms with Crippen LogP contribution in [0.1, 0.15) is 19.5 Å². The fourth-order valence-corrected chi connectivity index (χ4v) is 2.54. The number of aryl methyl sites for hydroxylation is 1. The Balaban J connectivity index is 2.18. The molecule has 1 N–H and O–H groups in total. The van der Waals surface area contributed by atoms with Gasteiger partial charge in [0.05, 0.1) is 11.4 Å². The highest BCUT2D eigenvalue weighted by Gasteiger charge is 2.18. The first-order chi connectivity index (χ1) is 8.16. The second-order valence-electron chi connectivity index (χ2n) is 5.38. The maximum atomic E-state index is 4.40. The van der Waals surface area contributed by atoms with E-state index in [1.165, 1.54) is 5.69 Å². The van der Waals surface area contributed by atoms with Crippen LogP contribution < -0.4 is 10.2 Å². The lowest BCUT2D eigenvalue weighted by Gasteiger charge is -2.34. The minimum Gasteiger partial charge on any atom is -0.369 e. The minimum atomic E-state index is 0.683. The third-order valence-corrected chi connectivity index (χ3v) is 3.37. The summed E-state index contributed by atoms with van der Waals surface area (Å²) in [5.41, 5.74) is 2.44. The van der Waals surface area contributed by atoms with Gasteiger partial charge in [-0.3, -0.25) is 4.98 Å². The Morgan fingerprint density at radius 2 is 1.88 bits per heavy atom.